The summed E-state index contributed by atoms with van der Waals surface area (Å²) in [5.74, 6) is 0. The zero-order valence-electron chi connectivity index (χ0n) is 15.9. The molecular formula is C22H25NO5. The topological polar surface area (TPSA) is 57.2 Å². The molecule has 0 spiro atoms. The van der Waals surface area contributed by atoms with Crippen LogP contribution in [0.3, 0.4) is 0 Å². The van der Waals surface area contributed by atoms with E-state index in [-0.39, 0.29) is 30.9 Å². The predicted octanol–water partition coefficient (Wildman–Crippen LogP) is 3.35. The number of nitrogens with zero attached hydrogens (tertiary/aromatic N) is 1. The average Bonchev–Trinajstić information content (AvgIpc) is 3.31. The molecular weight excluding hydrogens is 358 g/mol. The summed E-state index contributed by atoms with van der Waals surface area (Å²) in [4.78, 5) is 14.5. The number of carbonyl (C=O) groups excluding carboxylic acids is 1. The van der Waals surface area contributed by atoms with Gasteiger partial charge in [-0.2, -0.15) is 0 Å². The quantitative estimate of drug-likeness (QED) is 0.766. The lowest BCUT2D eigenvalue weighted by atomic mass is 10.1. The minimum atomic E-state index is -0.497. The van der Waals surface area contributed by atoms with E-state index in [0.717, 1.165) is 17.5 Å². The van der Waals surface area contributed by atoms with E-state index in [1.165, 1.54) is 0 Å². The zero-order chi connectivity index (χ0) is 19.3. The average molecular weight is 383 g/mol. The lowest BCUT2D eigenvalue weighted by Gasteiger charge is -2.29. The Balaban J connectivity index is 1.41. The standard InChI is InChI=1S/C22H25NO5/c1-25-21-20(26-14-16-8-4-2-5-9-16)19-18(28-21)12-13-23(19)22(24)27-15-17-10-6-3-7-11-17/h2-11,18-21H,12-15H2,1H3/t18-,19+,20+,21+/m0/s1. The first-order valence-electron chi connectivity index (χ1n) is 9.57. The molecule has 6 heteroatoms. The van der Waals surface area contributed by atoms with E-state index in [4.69, 9.17) is 18.9 Å². The maximum atomic E-state index is 12.7. The van der Waals surface area contributed by atoms with Crippen molar-refractivity contribution in [1.29, 1.82) is 0 Å². The number of methoxy groups -OCH3 is 1. The number of rotatable bonds is 6. The van der Waals surface area contributed by atoms with E-state index in [2.05, 4.69) is 0 Å². The van der Waals surface area contributed by atoms with Gasteiger partial charge in [0.25, 0.3) is 0 Å². The molecule has 0 radical (unpaired) electrons. The summed E-state index contributed by atoms with van der Waals surface area (Å²) in [6.45, 7) is 1.27. The molecule has 2 aromatic rings. The van der Waals surface area contributed by atoms with Gasteiger partial charge in [0.2, 0.25) is 0 Å². The lowest BCUT2D eigenvalue weighted by Crippen LogP contribution is -2.47. The molecule has 6 nitrogen and oxygen atoms in total. The van der Waals surface area contributed by atoms with Crippen LogP contribution in [0, 0.1) is 0 Å². The third-order valence-electron chi connectivity index (χ3n) is 5.27. The fourth-order valence-electron chi connectivity index (χ4n) is 3.88. The number of benzene rings is 2. The number of amides is 1. The Hall–Kier alpha value is -2.41. The van der Waals surface area contributed by atoms with Gasteiger partial charge in [-0.1, -0.05) is 60.7 Å². The van der Waals surface area contributed by atoms with Crippen molar-refractivity contribution >= 4 is 6.09 Å². The van der Waals surface area contributed by atoms with Crippen LogP contribution in [0.4, 0.5) is 4.79 Å². The maximum Gasteiger partial charge on any atom is 0.410 e. The van der Waals surface area contributed by atoms with Crippen LogP contribution in [0.2, 0.25) is 0 Å². The summed E-state index contributed by atoms with van der Waals surface area (Å²) in [7, 11) is 1.60. The molecule has 4 rings (SSSR count). The summed E-state index contributed by atoms with van der Waals surface area (Å²) < 4.78 is 23.1. The Kier molecular flexibility index (Phi) is 5.90. The van der Waals surface area contributed by atoms with Crippen molar-refractivity contribution in [2.75, 3.05) is 13.7 Å². The summed E-state index contributed by atoms with van der Waals surface area (Å²) >= 11 is 0. The molecule has 2 aromatic carbocycles. The fraction of sp³-hybridized carbons (Fsp3) is 0.409. The van der Waals surface area contributed by atoms with Crippen molar-refractivity contribution in [2.24, 2.45) is 0 Å². The van der Waals surface area contributed by atoms with Crippen LogP contribution in [0.5, 0.6) is 0 Å². The molecule has 0 saturated carbocycles. The molecule has 2 fully saturated rings. The first kappa shape index (κ1) is 18.9. The molecule has 0 aromatic heterocycles. The van der Waals surface area contributed by atoms with E-state index in [1.807, 2.05) is 60.7 Å². The second kappa shape index (κ2) is 8.73. The number of ether oxygens (including phenoxy) is 4. The van der Waals surface area contributed by atoms with Crippen LogP contribution in [-0.4, -0.2) is 49.2 Å². The Morgan fingerprint density at radius 2 is 1.68 bits per heavy atom. The molecule has 0 aliphatic carbocycles. The highest BCUT2D eigenvalue weighted by Gasteiger charge is 2.53. The first-order chi connectivity index (χ1) is 13.8. The molecule has 28 heavy (non-hydrogen) atoms. The lowest BCUT2D eigenvalue weighted by molar-refractivity contribution is -0.167. The van der Waals surface area contributed by atoms with Gasteiger partial charge in [0, 0.05) is 13.7 Å². The highest BCUT2D eigenvalue weighted by atomic mass is 16.7. The summed E-state index contributed by atoms with van der Waals surface area (Å²) in [5.41, 5.74) is 2.03. The van der Waals surface area contributed by atoms with Crippen molar-refractivity contribution < 1.29 is 23.7 Å². The van der Waals surface area contributed by atoms with Crippen molar-refractivity contribution in [2.45, 2.75) is 44.2 Å². The van der Waals surface area contributed by atoms with Crippen molar-refractivity contribution in [1.82, 2.24) is 4.90 Å². The van der Waals surface area contributed by atoms with E-state index in [0.29, 0.717) is 13.2 Å². The van der Waals surface area contributed by atoms with E-state index >= 15 is 0 Å². The van der Waals surface area contributed by atoms with Gasteiger partial charge >= 0.3 is 6.09 Å². The Labute approximate surface area is 165 Å². The number of likely N-dealkylation sites (tertiary alicyclic amines) is 1. The zero-order valence-corrected chi connectivity index (χ0v) is 15.9. The van der Waals surface area contributed by atoms with E-state index < -0.39 is 6.29 Å². The molecule has 1 amide bonds. The Morgan fingerprint density at radius 1 is 1.04 bits per heavy atom. The third kappa shape index (κ3) is 4.04. The molecule has 0 bridgehead atoms. The van der Waals surface area contributed by atoms with E-state index in [1.54, 1.807) is 12.0 Å². The highest BCUT2D eigenvalue weighted by Crippen LogP contribution is 2.36. The van der Waals surface area contributed by atoms with Gasteiger partial charge in [0.05, 0.1) is 18.8 Å². The van der Waals surface area contributed by atoms with Crippen LogP contribution < -0.4 is 0 Å². The first-order valence-corrected chi connectivity index (χ1v) is 9.57. The molecule has 0 unspecified atom stereocenters. The summed E-state index contributed by atoms with van der Waals surface area (Å²) in [6, 6.07) is 19.4. The number of fused-ring (bicyclic) bond motifs is 1. The number of hydrogen-bond acceptors (Lipinski definition) is 5. The molecule has 0 N–H and O–H groups in total. The molecule has 2 aliphatic heterocycles. The van der Waals surface area contributed by atoms with Crippen LogP contribution in [0.15, 0.2) is 60.7 Å². The van der Waals surface area contributed by atoms with E-state index in [9.17, 15) is 4.79 Å². The molecule has 4 atom stereocenters. The molecule has 2 heterocycles. The predicted molar refractivity (Wildman–Crippen MR) is 102 cm³/mol. The Bertz CT molecular complexity index is 769. The second-order valence-electron chi connectivity index (χ2n) is 7.05. The van der Waals surface area contributed by atoms with Gasteiger partial charge in [-0.15, -0.1) is 0 Å². The molecule has 148 valence electrons. The largest absolute Gasteiger partial charge is 0.445 e. The second-order valence-corrected chi connectivity index (χ2v) is 7.05. The minimum absolute atomic E-state index is 0.102. The van der Waals surface area contributed by atoms with Gasteiger partial charge in [-0.25, -0.2) is 4.79 Å². The third-order valence-corrected chi connectivity index (χ3v) is 5.27. The van der Waals surface area contributed by atoms with Crippen LogP contribution in [0.25, 0.3) is 0 Å². The number of carbonyl (C=O) groups is 1. The summed E-state index contributed by atoms with van der Waals surface area (Å²) in [5, 5.41) is 0. The van der Waals surface area contributed by atoms with Crippen LogP contribution in [-0.2, 0) is 32.2 Å². The SMILES string of the molecule is CO[C@@H]1O[C@H]2CCN(C(=O)OCc3ccccc3)[C@H]2[C@H]1OCc1ccccc1. The van der Waals surface area contributed by atoms with Gasteiger partial charge in [0.15, 0.2) is 6.29 Å². The van der Waals surface area contributed by atoms with Gasteiger partial charge in [-0.3, -0.25) is 4.90 Å². The van der Waals surface area contributed by atoms with Gasteiger partial charge in [0.1, 0.15) is 12.7 Å². The smallest absolute Gasteiger partial charge is 0.410 e. The highest BCUT2D eigenvalue weighted by molar-refractivity contribution is 5.69. The molecule has 2 aliphatic rings. The normalized spacial score (nSPS) is 26.2. The fourth-order valence-corrected chi connectivity index (χ4v) is 3.88. The van der Waals surface area contributed by atoms with Crippen molar-refractivity contribution in [3.05, 3.63) is 71.8 Å². The Morgan fingerprint density at radius 3 is 2.32 bits per heavy atom. The van der Waals surface area contributed by atoms with Crippen molar-refractivity contribution in [3.8, 4) is 0 Å². The van der Waals surface area contributed by atoms with Crippen molar-refractivity contribution in [3.63, 3.8) is 0 Å². The van der Waals surface area contributed by atoms with Crippen LogP contribution >= 0.6 is 0 Å². The summed E-state index contributed by atoms with van der Waals surface area (Å²) in [6.07, 6.45) is -0.554. The van der Waals surface area contributed by atoms with Gasteiger partial charge < -0.3 is 18.9 Å². The maximum absolute atomic E-state index is 12.7. The van der Waals surface area contributed by atoms with Gasteiger partial charge in [-0.05, 0) is 17.5 Å². The van der Waals surface area contributed by atoms with Crippen LogP contribution in [0.1, 0.15) is 17.5 Å². The monoisotopic (exact) mass is 383 g/mol. The number of hydrogen-bond donors (Lipinski definition) is 0. The molecule has 2 saturated heterocycles. The minimum Gasteiger partial charge on any atom is -0.445 e.